The van der Waals surface area contributed by atoms with Crippen molar-refractivity contribution in [2.45, 2.75) is 13.5 Å². The van der Waals surface area contributed by atoms with Gasteiger partial charge in [-0.05, 0) is 42.3 Å². The lowest BCUT2D eigenvalue weighted by atomic mass is 10.1. The van der Waals surface area contributed by atoms with Gasteiger partial charge in [0, 0.05) is 29.0 Å². The minimum absolute atomic E-state index is 0.203. The van der Waals surface area contributed by atoms with E-state index in [-0.39, 0.29) is 5.91 Å². The number of aromatic nitrogens is 2. The van der Waals surface area contributed by atoms with Crippen molar-refractivity contribution in [1.29, 1.82) is 0 Å². The molecule has 5 nitrogen and oxygen atoms in total. The number of ether oxygens (including phenoxy) is 1. The van der Waals surface area contributed by atoms with Crippen molar-refractivity contribution >= 4 is 23.2 Å². The molecule has 0 saturated carbocycles. The molecular formula is C19H18ClN3O2. The van der Waals surface area contributed by atoms with Crippen molar-refractivity contribution in [3.63, 3.8) is 0 Å². The highest BCUT2D eigenvalue weighted by Crippen LogP contribution is 2.31. The molecule has 128 valence electrons. The van der Waals surface area contributed by atoms with Crippen molar-refractivity contribution < 1.29 is 9.53 Å². The highest BCUT2D eigenvalue weighted by Gasteiger charge is 2.12. The van der Waals surface area contributed by atoms with E-state index in [1.165, 1.54) is 0 Å². The zero-order valence-electron chi connectivity index (χ0n) is 14.0. The Labute approximate surface area is 151 Å². The second-order valence-corrected chi connectivity index (χ2v) is 6.06. The Morgan fingerprint density at radius 3 is 2.68 bits per heavy atom. The standard InChI is InChI=1S/C19H18ClN3O2/c1-13-10-17(18(25-2)11-16(13)20)22-19(24)15-6-4-14(5-7-15)12-23-9-3-8-21-23/h3-11H,12H2,1-2H3,(H,22,24). The predicted octanol–water partition coefficient (Wildman–Crippen LogP) is 4.15. The average Bonchev–Trinajstić information content (AvgIpc) is 3.11. The van der Waals surface area contributed by atoms with Crippen molar-refractivity contribution in [2.24, 2.45) is 0 Å². The van der Waals surface area contributed by atoms with E-state index in [0.29, 0.717) is 28.6 Å². The number of nitrogens with one attached hydrogen (secondary N) is 1. The third-order valence-electron chi connectivity index (χ3n) is 3.85. The van der Waals surface area contributed by atoms with Gasteiger partial charge in [0.1, 0.15) is 5.75 Å². The van der Waals surface area contributed by atoms with Gasteiger partial charge in [0.2, 0.25) is 0 Å². The van der Waals surface area contributed by atoms with Crippen LogP contribution in [-0.4, -0.2) is 22.8 Å². The van der Waals surface area contributed by atoms with Crippen molar-refractivity contribution in [3.8, 4) is 5.75 Å². The van der Waals surface area contributed by atoms with E-state index >= 15 is 0 Å². The van der Waals surface area contributed by atoms with Gasteiger partial charge >= 0.3 is 0 Å². The van der Waals surface area contributed by atoms with Crippen LogP contribution in [0, 0.1) is 6.92 Å². The van der Waals surface area contributed by atoms with Gasteiger partial charge in [-0.25, -0.2) is 0 Å². The van der Waals surface area contributed by atoms with Crippen molar-refractivity contribution in [1.82, 2.24) is 9.78 Å². The lowest BCUT2D eigenvalue weighted by Crippen LogP contribution is -2.13. The summed E-state index contributed by atoms with van der Waals surface area (Å²) in [7, 11) is 1.54. The van der Waals surface area contributed by atoms with Gasteiger partial charge < -0.3 is 10.1 Å². The zero-order chi connectivity index (χ0) is 17.8. The summed E-state index contributed by atoms with van der Waals surface area (Å²) in [6.45, 7) is 2.54. The zero-order valence-corrected chi connectivity index (χ0v) is 14.7. The maximum absolute atomic E-state index is 12.5. The van der Waals surface area contributed by atoms with E-state index in [4.69, 9.17) is 16.3 Å². The fourth-order valence-corrected chi connectivity index (χ4v) is 2.62. The summed E-state index contributed by atoms with van der Waals surface area (Å²) in [5, 5.41) is 7.64. The minimum atomic E-state index is -0.203. The summed E-state index contributed by atoms with van der Waals surface area (Å²) in [5.74, 6) is 0.324. The number of carbonyl (C=O) groups is 1. The Morgan fingerprint density at radius 1 is 1.28 bits per heavy atom. The molecule has 2 aromatic carbocycles. The number of hydrogen-bond donors (Lipinski definition) is 1. The van der Waals surface area contributed by atoms with E-state index < -0.39 is 0 Å². The van der Waals surface area contributed by atoms with Crippen LogP contribution in [0.15, 0.2) is 54.9 Å². The summed E-state index contributed by atoms with van der Waals surface area (Å²) >= 11 is 6.09. The molecule has 1 aromatic heterocycles. The third-order valence-corrected chi connectivity index (χ3v) is 4.26. The molecular weight excluding hydrogens is 338 g/mol. The second-order valence-electron chi connectivity index (χ2n) is 5.66. The number of amides is 1. The number of anilines is 1. The highest BCUT2D eigenvalue weighted by molar-refractivity contribution is 6.31. The Balaban J connectivity index is 1.74. The number of carbonyl (C=O) groups excluding carboxylic acids is 1. The SMILES string of the molecule is COc1cc(Cl)c(C)cc1NC(=O)c1ccc(Cn2cccn2)cc1. The van der Waals surface area contributed by atoms with Crippen LogP contribution >= 0.6 is 11.6 Å². The summed E-state index contributed by atoms with van der Waals surface area (Å²) in [5.41, 5.74) is 3.10. The molecule has 25 heavy (non-hydrogen) atoms. The molecule has 1 heterocycles. The molecule has 0 radical (unpaired) electrons. The first-order chi connectivity index (χ1) is 12.1. The van der Waals surface area contributed by atoms with Crippen LogP contribution in [-0.2, 0) is 6.54 Å². The summed E-state index contributed by atoms with van der Waals surface area (Å²) in [6.07, 6.45) is 3.64. The first-order valence-electron chi connectivity index (χ1n) is 7.78. The fourth-order valence-electron chi connectivity index (χ4n) is 2.47. The third kappa shape index (κ3) is 4.00. The quantitative estimate of drug-likeness (QED) is 0.747. The number of hydrogen-bond acceptors (Lipinski definition) is 3. The minimum Gasteiger partial charge on any atom is -0.495 e. The van der Waals surface area contributed by atoms with Crippen molar-refractivity contribution in [2.75, 3.05) is 12.4 Å². The van der Waals surface area contributed by atoms with Crippen LogP contribution in [0.1, 0.15) is 21.5 Å². The van der Waals surface area contributed by atoms with Crippen LogP contribution < -0.4 is 10.1 Å². The molecule has 6 heteroatoms. The van der Waals surface area contributed by atoms with Gasteiger partial charge in [0.05, 0.1) is 19.3 Å². The van der Waals surface area contributed by atoms with Crippen LogP contribution in [0.4, 0.5) is 5.69 Å². The van der Waals surface area contributed by atoms with Gasteiger partial charge in [-0.3, -0.25) is 9.48 Å². The summed E-state index contributed by atoms with van der Waals surface area (Å²) in [6, 6.07) is 12.8. The van der Waals surface area contributed by atoms with Gasteiger partial charge in [-0.1, -0.05) is 23.7 Å². The fraction of sp³-hybridized carbons (Fsp3) is 0.158. The molecule has 0 aliphatic carbocycles. The number of halogens is 1. The van der Waals surface area contributed by atoms with Gasteiger partial charge in [-0.15, -0.1) is 0 Å². The highest BCUT2D eigenvalue weighted by atomic mass is 35.5. The van der Waals surface area contributed by atoms with E-state index in [1.807, 2.05) is 36.0 Å². The predicted molar refractivity (Wildman–Crippen MR) is 98.5 cm³/mol. The molecule has 0 bridgehead atoms. The second kappa shape index (κ2) is 7.40. The summed E-state index contributed by atoms with van der Waals surface area (Å²) in [4.78, 5) is 12.5. The van der Waals surface area contributed by atoms with Crippen LogP contribution in [0.3, 0.4) is 0 Å². The van der Waals surface area contributed by atoms with Gasteiger partial charge in [0.25, 0.3) is 5.91 Å². The lowest BCUT2D eigenvalue weighted by Gasteiger charge is -2.12. The topological polar surface area (TPSA) is 56.1 Å². The Morgan fingerprint density at radius 2 is 2.04 bits per heavy atom. The lowest BCUT2D eigenvalue weighted by molar-refractivity contribution is 0.102. The molecule has 0 saturated heterocycles. The van der Waals surface area contributed by atoms with E-state index in [0.717, 1.165) is 11.1 Å². The molecule has 0 fully saturated rings. The first-order valence-corrected chi connectivity index (χ1v) is 8.16. The Kier molecular flexibility index (Phi) is 5.05. The van der Waals surface area contributed by atoms with E-state index in [9.17, 15) is 4.79 Å². The molecule has 3 rings (SSSR count). The molecule has 0 unspecified atom stereocenters. The molecule has 3 aromatic rings. The molecule has 0 aliphatic rings. The maximum Gasteiger partial charge on any atom is 0.255 e. The average molecular weight is 356 g/mol. The molecule has 0 aliphatic heterocycles. The van der Waals surface area contributed by atoms with Gasteiger partial charge in [-0.2, -0.15) is 5.10 Å². The normalized spacial score (nSPS) is 10.5. The van der Waals surface area contributed by atoms with Crippen LogP contribution in [0.2, 0.25) is 5.02 Å². The smallest absolute Gasteiger partial charge is 0.255 e. The Hall–Kier alpha value is -2.79. The van der Waals surface area contributed by atoms with E-state index in [1.54, 1.807) is 37.6 Å². The first kappa shape index (κ1) is 17.0. The molecule has 0 spiro atoms. The monoisotopic (exact) mass is 355 g/mol. The number of methoxy groups -OCH3 is 1. The Bertz CT molecular complexity index is 874. The number of nitrogens with zero attached hydrogens (tertiary/aromatic N) is 2. The number of benzene rings is 2. The molecule has 0 atom stereocenters. The maximum atomic E-state index is 12.5. The largest absolute Gasteiger partial charge is 0.495 e. The molecule has 1 amide bonds. The van der Waals surface area contributed by atoms with Crippen LogP contribution in [0.5, 0.6) is 5.75 Å². The van der Waals surface area contributed by atoms with E-state index in [2.05, 4.69) is 10.4 Å². The van der Waals surface area contributed by atoms with Crippen LogP contribution in [0.25, 0.3) is 0 Å². The molecule has 1 N–H and O–H groups in total. The van der Waals surface area contributed by atoms with Crippen molar-refractivity contribution in [3.05, 3.63) is 76.6 Å². The number of rotatable bonds is 5. The van der Waals surface area contributed by atoms with Gasteiger partial charge in [0.15, 0.2) is 0 Å². The summed E-state index contributed by atoms with van der Waals surface area (Å²) < 4.78 is 7.12. The number of aryl methyl sites for hydroxylation is 1.